The van der Waals surface area contributed by atoms with Gasteiger partial charge in [0.25, 0.3) is 0 Å². The summed E-state index contributed by atoms with van der Waals surface area (Å²) >= 11 is 0. The van der Waals surface area contributed by atoms with Crippen LogP contribution in [0.2, 0.25) is 0 Å². The van der Waals surface area contributed by atoms with Crippen LogP contribution in [0.5, 0.6) is 0 Å². The van der Waals surface area contributed by atoms with Gasteiger partial charge in [-0.25, -0.2) is 14.8 Å². The van der Waals surface area contributed by atoms with Gasteiger partial charge in [-0.05, 0) is 89.0 Å². The molecule has 0 aliphatic heterocycles. The van der Waals surface area contributed by atoms with Crippen LogP contribution in [-0.2, 0) is 0 Å². The van der Waals surface area contributed by atoms with E-state index in [0.29, 0.717) is 28.3 Å². The topological polar surface area (TPSA) is 87.6 Å². The fourth-order valence-electron chi connectivity index (χ4n) is 9.59. The molecular formula is C61H35N7. The molecule has 0 bridgehead atoms. The average molecular weight is 866 g/mol. The molecule has 0 radical (unpaired) electrons. The summed E-state index contributed by atoms with van der Waals surface area (Å²) < 4.78 is 4.43. The molecule has 0 amide bonds. The summed E-state index contributed by atoms with van der Waals surface area (Å²) in [5, 5.41) is 25.0. The predicted molar refractivity (Wildman–Crippen MR) is 274 cm³/mol. The maximum absolute atomic E-state index is 11.3. The zero-order chi connectivity index (χ0) is 45.7. The molecule has 12 aromatic rings. The van der Waals surface area contributed by atoms with E-state index in [-0.39, 0.29) is 0 Å². The van der Waals surface area contributed by atoms with Crippen molar-refractivity contribution in [3.05, 3.63) is 235 Å². The number of hydrogen-bond donors (Lipinski definition) is 0. The Morgan fingerprint density at radius 3 is 1.38 bits per heavy atom. The largest absolute Gasteiger partial charge is 0.308 e. The van der Waals surface area contributed by atoms with Crippen LogP contribution in [0.15, 0.2) is 212 Å². The minimum absolute atomic E-state index is 0.479. The molecule has 0 fully saturated rings. The highest BCUT2D eigenvalue weighted by molar-refractivity contribution is 6.12. The number of para-hydroxylation sites is 2. The number of fused-ring (bicyclic) bond motifs is 6. The van der Waals surface area contributed by atoms with Gasteiger partial charge in [0.1, 0.15) is 6.07 Å². The Bertz CT molecular complexity index is 4030. The molecule has 9 aromatic carbocycles. The first-order valence-electron chi connectivity index (χ1n) is 22.2. The second-order valence-corrected chi connectivity index (χ2v) is 16.7. The summed E-state index contributed by atoms with van der Waals surface area (Å²) in [5.41, 5.74) is 15.3. The summed E-state index contributed by atoms with van der Waals surface area (Å²) in [7, 11) is 0. The van der Waals surface area contributed by atoms with E-state index in [9.17, 15) is 10.5 Å². The maximum atomic E-state index is 11.3. The molecule has 0 unspecified atom stereocenters. The van der Waals surface area contributed by atoms with Crippen LogP contribution < -0.4 is 0 Å². The van der Waals surface area contributed by atoms with Gasteiger partial charge >= 0.3 is 0 Å². The second kappa shape index (κ2) is 16.3. The van der Waals surface area contributed by atoms with Crippen LogP contribution in [0, 0.1) is 29.2 Å². The summed E-state index contributed by atoms with van der Waals surface area (Å²) in [6, 6.07) is 76.3. The average Bonchev–Trinajstić information content (AvgIpc) is 3.93. The van der Waals surface area contributed by atoms with Crippen LogP contribution in [0.25, 0.3) is 116 Å². The molecule has 0 aliphatic rings. The molecule has 0 saturated heterocycles. The van der Waals surface area contributed by atoms with Gasteiger partial charge in [-0.2, -0.15) is 10.5 Å². The monoisotopic (exact) mass is 865 g/mol. The van der Waals surface area contributed by atoms with Crippen molar-refractivity contribution in [3.8, 4) is 79.7 Å². The summed E-state index contributed by atoms with van der Waals surface area (Å²) in [4.78, 5) is 14.4. The van der Waals surface area contributed by atoms with E-state index in [2.05, 4.69) is 123 Å². The molecule has 0 aliphatic carbocycles. The fraction of sp³-hybridized carbons (Fsp3) is 0. The Labute approximate surface area is 391 Å². The van der Waals surface area contributed by atoms with Crippen LogP contribution in [0.1, 0.15) is 11.1 Å². The third-order valence-corrected chi connectivity index (χ3v) is 12.8. The molecule has 0 N–H and O–H groups in total. The Hall–Kier alpha value is -9.87. The lowest BCUT2D eigenvalue weighted by Crippen LogP contribution is -2.06. The molecule has 3 heterocycles. The van der Waals surface area contributed by atoms with E-state index >= 15 is 0 Å². The maximum Gasteiger partial charge on any atom is 0.187 e. The first-order valence-corrected chi connectivity index (χ1v) is 22.2. The summed E-state index contributed by atoms with van der Waals surface area (Å²) in [5.74, 6) is 0.511. The highest BCUT2D eigenvalue weighted by Crippen LogP contribution is 2.42. The van der Waals surface area contributed by atoms with Gasteiger partial charge in [0.2, 0.25) is 0 Å². The van der Waals surface area contributed by atoms with Gasteiger partial charge in [-0.3, -0.25) is 0 Å². The number of rotatable bonds is 7. The summed E-state index contributed by atoms with van der Waals surface area (Å²) in [6.45, 7) is 7.48. The molecule has 7 nitrogen and oxygen atoms in total. The SMILES string of the molecule is [C-]#[N+]c1ccc(-c2ccc3c(c2)c2ccccc2n3-c2cc(C#N)c(-n3c4ccccc4c4cc(-c5ccc(C#N)cc5)ccc43)cc2-c2nc(-c3ccccc3)cc(-c3ccccc3)n2)cc1. The Morgan fingerprint density at radius 1 is 0.397 bits per heavy atom. The Kier molecular flexibility index (Phi) is 9.51. The van der Waals surface area contributed by atoms with Crippen molar-refractivity contribution in [3.63, 3.8) is 0 Å². The van der Waals surface area contributed by atoms with Gasteiger partial charge in [0.15, 0.2) is 11.5 Å². The van der Waals surface area contributed by atoms with Crippen molar-refractivity contribution in [1.29, 1.82) is 10.5 Å². The Morgan fingerprint density at radius 2 is 0.868 bits per heavy atom. The molecule has 0 saturated carbocycles. The molecule has 0 atom stereocenters. The number of aromatic nitrogens is 4. The number of benzene rings is 9. The lowest BCUT2D eigenvalue weighted by atomic mass is 10.0. The summed E-state index contributed by atoms with van der Waals surface area (Å²) in [6.07, 6.45) is 0. The quantitative estimate of drug-likeness (QED) is 0.149. The molecular weight excluding hydrogens is 831 g/mol. The highest BCUT2D eigenvalue weighted by atomic mass is 15.0. The van der Waals surface area contributed by atoms with E-state index in [1.54, 1.807) is 0 Å². The van der Waals surface area contributed by atoms with Crippen LogP contribution in [-0.4, -0.2) is 19.1 Å². The van der Waals surface area contributed by atoms with Crippen LogP contribution >= 0.6 is 0 Å². The minimum atomic E-state index is 0.479. The van der Waals surface area contributed by atoms with Crippen molar-refractivity contribution < 1.29 is 0 Å². The first kappa shape index (κ1) is 39.7. The number of nitriles is 2. The number of nitrogens with zero attached hydrogens (tertiary/aromatic N) is 7. The van der Waals surface area contributed by atoms with Crippen molar-refractivity contribution >= 4 is 49.3 Å². The number of hydrogen-bond acceptors (Lipinski definition) is 4. The second-order valence-electron chi connectivity index (χ2n) is 16.7. The molecule has 3 aromatic heterocycles. The van der Waals surface area contributed by atoms with Gasteiger partial charge in [-0.15, -0.1) is 0 Å². The molecule has 12 rings (SSSR count). The third-order valence-electron chi connectivity index (χ3n) is 12.8. The molecule has 68 heavy (non-hydrogen) atoms. The van der Waals surface area contributed by atoms with E-state index in [1.165, 1.54) is 0 Å². The molecule has 7 heteroatoms. The van der Waals surface area contributed by atoms with Crippen molar-refractivity contribution in [2.75, 3.05) is 0 Å². The first-order chi connectivity index (χ1) is 33.6. The van der Waals surface area contributed by atoms with Gasteiger partial charge in [-0.1, -0.05) is 146 Å². The molecule has 314 valence electrons. The van der Waals surface area contributed by atoms with Crippen LogP contribution in [0.3, 0.4) is 0 Å². The van der Waals surface area contributed by atoms with Crippen molar-refractivity contribution in [2.24, 2.45) is 0 Å². The van der Waals surface area contributed by atoms with E-state index in [1.807, 2.05) is 115 Å². The normalized spacial score (nSPS) is 11.2. The van der Waals surface area contributed by atoms with Gasteiger partial charge < -0.3 is 9.13 Å². The zero-order valence-corrected chi connectivity index (χ0v) is 36.3. The third kappa shape index (κ3) is 6.65. The van der Waals surface area contributed by atoms with Crippen LogP contribution in [0.4, 0.5) is 5.69 Å². The lowest BCUT2D eigenvalue weighted by molar-refractivity contribution is 1.11. The lowest BCUT2D eigenvalue weighted by Gasteiger charge is -2.19. The van der Waals surface area contributed by atoms with E-state index in [0.717, 1.165) is 99.6 Å². The Balaban J connectivity index is 1.16. The zero-order valence-electron chi connectivity index (χ0n) is 36.3. The van der Waals surface area contributed by atoms with Crippen molar-refractivity contribution in [1.82, 2.24) is 19.1 Å². The van der Waals surface area contributed by atoms with Crippen molar-refractivity contribution in [2.45, 2.75) is 0 Å². The fourth-order valence-corrected chi connectivity index (χ4v) is 9.59. The standard InChI is InChI=1S/C61H35N7/c1-64-47-28-24-41(25-29-47)45-27-31-58-51(33-45)49-17-9-11-19-56(49)68(58)60-34-46(38-63)59(35-52(60)61-65-53(42-12-4-2-5-13-42)36-54(66-61)43-14-6-3-7-15-43)67-55-18-10-8-16-48(55)50-32-44(26-30-57(50)67)40-22-20-39(37-62)21-23-40/h2-36H. The van der Waals surface area contributed by atoms with Gasteiger partial charge in [0.05, 0.1) is 68.6 Å². The predicted octanol–water partition coefficient (Wildman–Crippen LogP) is 15.3. The highest BCUT2D eigenvalue weighted by Gasteiger charge is 2.24. The molecule has 0 spiro atoms. The minimum Gasteiger partial charge on any atom is -0.308 e. The van der Waals surface area contributed by atoms with E-state index in [4.69, 9.17) is 16.5 Å². The smallest absolute Gasteiger partial charge is 0.187 e. The van der Waals surface area contributed by atoms with Gasteiger partial charge in [0, 0.05) is 38.2 Å². The van der Waals surface area contributed by atoms with E-state index < -0.39 is 0 Å².